The molecule has 0 aromatic heterocycles. The van der Waals surface area contributed by atoms with Gasteiger partial charge in [-0.15, -0.1) is 0 Å². The Labute approximate surface area is 210 Å². The summed E-state index contributed by atoms with van der Waals surface area (Å²) < 4.78 is 0. The van der Waals surface area contributed by atoms with Crippen molar-refractivity contribution in [2.24, 2.45) is 16.8 Å². The maximum Gasteiger partial charge on any atom is 0.136 e. The van der Waals surface area contributed by atoms with Crippen LogP contribution in [-0.2, 0) is 4.79 Å². The van der Waals surface area contributed by atoms with E-state index in [9.17, 15) is 4.79 Å². The molecule has 1 saturated carbocycles. The van der Waals surface area contributed by atoms with Gasteiger partial charge in [0.15, 0.2) is 0 Å². The quantitative estimate of drug-likeness (QED) is 0.366. The van der Waals surface area contributed by atoms with E-state index in [0.717, 1.165) is 51.6 Å². The Morgan fingerprint density at radius 2 is 1.51 bits per heavy atom. The summed E-state index contributed by atoms with van der Waals surface area (Å²) in [6.07, 6.45) is 13.0. The van der Waals surface area contributed by atoms with Gasteiger partial charge in [-0.2, -0.15) is 0 Å². The van der Waals surface area contributed by atoms with E-state index in [2.05, 4.69) is 43.5 Å². The van der Waals surface area contributed by atoms with Gasteiger partial charge in [-0.1, -0.05) is 113 Å². The lowest BCUT2D eigenvalue weighted by Gasteiger charge is -2.19. The summed E-state index contributed by atoms with van der Waals surface area (Å²) in [7, 11) is 0. The van der Waals surface area contributed by atoms with Crippen molar-refractivity contribution in [3.05, 3.63) is 114 Å². The molecule has 1 unspecified atom stereocenters. The molecule has 35 heavy (non-hydrogen) atoms. The number of nitrogens with zero attached hydrogens (tertiary/aromatic N) is 1. The zero-order chi connectivity index (χ0) is 24.6. The lowest BCUT2D eigenvalue weighted by Crippen LogP contribution is -2.14. The van der Waals surface area contributed by atoms with E-state index < -0.39 is 0 Å². The smallest absolute Gasteiger partial charge is 0.136 e. The average molecular weight is 464 g/mol. The molecule has 0 spiro atoms. The summed E-state index contributed by atoms with van der Waals surface area (Å²) in [5.41, 5.74) is 6.63. The Kier molecular flexibility index (Phi) is 8.47. The molecule has 2 aromatic carbocycles. The van der Waals surface area contributed by atoms with Gasteiger partial charge < -0.3 is 0 Å². The van der Waals surface area contributed by atoms with Crippen LogP contribution in [0.3, 0.4) is 0 Å². The molecule has 1 heterocycles. The van der Waals surface area contributed by atoms with Crippen LogP contribution >= 0.6 is 0 Å². The molecule has 1 fully saturated rings. The van der Waals surface area contributed by atoms with Crippen molar-refractivity contribution in [3.63, 3.8) is 0 Å². The van der Waals surface area contributed by atoms with Crippen LogP contribution in [0.2, 0.25) is 0 Å². The highest BCUT2D eigenvalue weighted by Gasteiger charge is 2.21. The standard InChI is InChI=1S/C33H37NO/c1-24-21-30(22-26(3)32(35)20-12-15-27-13-10-11-14-27)34-33(29-18-8-5-9-19-29)31(23-25(24)2)28-16-6-4-7-17-28/h4-9,16-19,21,23,26-27H,1-2,10-15,20,22H2,3H3/b30-21-,31-23-,34-33+. The fourth-order valence-electron chi connectivity index (χ4n) is 5.16. The van der Waals surface area contributed by atoms with Gasteiger partial charge in [0.05, 0.1) is 5.71 Å². The minimum absolute atomic E-state index is 0.0738. The number of carbonyl (C=O) groups excluding carboxylic acids is 1. The molecule has 0 saturated heterocycles. The van der Waals surface area contributed by atoms with E-state index in [1.54, 1.807) is 0 Å². The summed E-state index contributed by atoms with van der Waals surface area (Å²) in [6.45, 7) is 10.6. The van der Waals surface area contributed by atoms with E-state index >= 15 is 0 Å². The number of ketones is 1. The zero-order valence-corrected chi connectivity index (χ0v) is 21.0. The van der Waals surface area contributed by atoms with Crippen LogP contribution in [0.25, 0.3) is 5.57 Å². The van der Waals surface area contributed by atoms with E-state index in [1.807, 2.05) is 49.4 Å². The highest BCUT2D eigenvalue weighted by molar-refractivity contribution is 6.32. The molecule has 0 radical (unpaired) electrons. The van der Waals surface area contributed by atoms with E-state index in [0.29, 0.717) is 18.6 Å². The molecule has 2 nitrogen and oxygen atoms in total. The van der Waals surface area contributed by atoms with Crippen molar-refractivity contribution in [3.8, 4) is 0 Å². The first-order chi connectivity index (χ1) is 17.0. The fourth-order valence-corrected chi connectivity index (χ4v) is 5.16. The summed E-state index contributed by atoms with van der Waals surface area (Å²) in [6, 6.07) is 20.6. The molecule has 0 bridgehead atoms. The first-order valence-electron chi connectivity index (χ1n) is 13.0. The van der Waals surface area contributed by atoms with Crippen LogP contribution < -0.4 is 0 Å². The average Bonchev–Trinajstić information content (AvgIpc) is 3.39. The molecule has 1 atom stereocenters. The maximum atomic E-state index is 13.0. The van der Waals surface area contributed by atoms with Crippen molar-refractivity contribution >= 4 is 17.1 Å². The van der Waals surface area contributed by atoms with Crippen molar-refractivity contribution in [1.82, 2.24) is 0 Å². The van der Waals surface area contributed by atoms with Crippen molar-refractivity contribution in [1.29, 1.82) is 0 Å². The van der Waals surface area contributed by atoms with Gasteiger partial charge in [-0.3, -0.25) is 9.79 Å². The molecule has 2 heteroatoms. The van der Waals surface area contributed by atoms with Gasteiger partial charge in [0.1, 0.15) is 5.78 Å². The topological polar surface area (TPSA) is 29.4 Å². The summed E-state index contributed by atoms with van der Waals surface area (Å²) >= 11 is 0. The number of rotatable bonds is 9. The van der Waals surface area contributed by atoms with Crippen LogP contribution in [-0.4, -0.2) is 11.5 Å². The number of hydrogen-bond donors (Lipinski definition) is 0. The Bertz CT molecular complexity index is 1140. The zero-order valence-electron chi connectivity index (χ0n) is 21.0. The normalized spacial score (nSPS) is 22.3. The maximum absolute atomic E-state index is 13.0. The second-order valence-electron chi connectivity index (χ2n) is 10.1. The third-order valence-electron chi connectivity index (χ3n) is 7.29. The number of aliphatic imine (C=N–C) groups is 1. The highest BCUT2D eigenvalue weighted by atomic mass is 16.1. The molecule has 180 valence electrons. The van der Waals surface area contributed by atoms with Crippen LogP contribution in [0.5, 0.6) is 0 Å². The first-order valence-corrected chi connectivity index (χ1v) is 13.0. The molecule has 4 rings (SSSR count). The Morgan fingerprint density at radius 3 is 2.17 bits per heavy atom. The van der Waals surface area contributed by atoms with Crippen molar-refractivity contribution < 1.29 is 4.79 Å². The molecule has 0 N–H and O–H groups in total. The fraction of sp³-hybridized carbons (Fsp3) is 0.333. The van der Waals surface area contributed by atoms with Gasteiger partial charge >= 0.3 is 0 Å². The van der Waals surface area contributed by atoms with Gasteiger partial charge in [0, 0.05) is 29.2 Å². The second kappa shape index (κ2) is 11.9. The molecule has 0 amide bonds. The SMILES string of the molecule is C=C1\C=C(CC(C)C(=O)CCCC2CCCC2)/N=C(c2ccccc2)/C(c2ccccc2)=C\C1=C. The van der Waals surface area contributed by atoms with E-state index in [1.165, 1.54) is 32.1 Å². The molecule has 1 aliphatic carbocycles. The van der Waals surface area contributed by atoms with E-state index in [-0.39, 0.29) is 5.92 Å². The van der Waals surface area contributed by atoms with E-state index in [4.69, 9.17) is 4.99 Å². The van der Waals surface area contributed by atoms with Gasteiger partial charge in [-0.05, 0) is 47.6 Å². The van der Waals surface area contributed by atoms with Crippen LogP contribution in [0, 0.1) is 11.8 Å². The predicted octanol–water partition coefficient (Wildman–Crippen LogP) is 8.53. The van der Waals surface area contributed by atoms with Gasteiger partial charge in [0.2, 0.25) is 0 Å². The molecular weight excluding hydrogens is 426 g/mol. The largest absolute Gasteiger partial charge is 0.299 e. The summed E-state index contributed by atoms with van der Waals surface area (Å²) in [5, 5.41) is 0. The third kappa shape index (κ3) is 6.66. The van der Waals surface area contributed by atoms with Gasteiger partial charge in [-0.25, -0.2) is 0 Å². The first kappa shape index (κ1) is 24.9. The summed E-state index contributed by atoms with van der Waals surface area (Å²) in [5.74, 6) is 1.10. The number of carbonyl (C=O) groups is 1. The lowest BCUT2D eigenvalue weighted by atomic mass is 9.89. The molecule has 2 aliphatic rings. The van der Waals surface area contributed by atoms with Crippen molar-refractivity contribution in [2.75, 3.05) is 0 Å². The minimum atomic E-state index is -0.0738. The third-order valence-corrected chi connectivity index (χ3v) is 7.29. The monoisotopic (exact) mass is 463 g/mol. The molecular formula is C33H37NO. The lowest BCUT2D eigenvalue weighted by molar-refractivity contribution is -0.122. The Hall–Kier alpha value is -3.26. The number of hydrogen-bond acceptors (Lipinski definition) is 2. The number of benzene rings is 2. The van der Waals surface area contributed by atoms with Crippen molar-refractivity contribution in [2.45, 2.75) is 58.3 Å². The molecule has 1 aliphatic heterocycles. The Balaban J connectivity index is 1.59. The van der Waals surface area contributed by atoms with Gasteiger partial charge in [0.25, 0.3) is 0 Å². The molecule has 2 aromatic rings. The van der Waals surface area contributed by atoms with Crippen LogP contribution in [0.4, 0.5) is 0 Å². The predicted molar refractivity (Wildman–Crippen MR) is 148 cm³/mol. The van der Waals surface area contributed by atoms with Crippen LogP contribution in [0.1, 0.15) is 69.4 Å². The number of Topliss-reactive ketones (excluding diaryl/α,β-unsaturated/α-hetero) is 1. The highest BCUT2D eigenvalue weighted by Crippen LogP contribution is 2.31. The Morgan fingerprint density at radius 1 is 0.914 bits per heavy atom. The number of allylic oxidation sites excluding steroid dienone is 6. The summed E-state index contributed by atoms with van der Waals surface area (Å²) in [4.78, 5) is 18.2. The second-order valence-corrected chi connectivity index (χ2v) is 10.1. The van der Waals surface area contributed by atoms with Crippen LogP contribution in [0.15, 0.2) is 108 Å². The minimum Gasteiger partial charge on any atom is -0.299 e.